The van der Waals surface area contributed by atoms with Crippen LogP contribution in [0.25, 0.3) is 0 Å². The van der Waals surface area contributed by atoms with Crippen molar-refractivity contribution in [2.45, 2.75) is 64.3 Å². The molecule has 0 aromatic heterocycles. The minimum absolute atomic E-state index is 0.0122. The smallest absolute Gasteiger partial charge is 0.408 e. The molecule has 2 rings (SSSR count). The largest absolute Gasteiger partial charge is 0.444 e. The second kappa shape index (κ2) is 11.5. The van der Waals surface area contributed by atoms with Crippen molar-refractivity contribution in [1.82, 2.24) is 16.0 Å². The summed E-state index contributed by atoms with van der Waals surface area (Å²) >= 11 is 0. The molecule has 2 amide bonds. The molecule has 0 aromatic rings. The molecule has 0 saturated heterocycles. The molecule has 1 unspecified atom stereocenters. The number of ether oxygens (including phenoxy) is 1. The Labute approximate surface area is 197 Å². The van der Waals surface area contributed by atoms with Crippen molar-refractivity contribution in [3.8, 4) is 0 Å². The van der Waals surface area contributed by atoms with Crippen molar-refractivity contribution in [1.29, 1.82) is 0 Å². The van der Waals surface area contributed by atoms with E-state index in [-0.39, 0.29) is 23.9 Å². The number of carbonyl (C=O) groups is 2. The molecular weight excluding hydrogens is 453 g/mol. The quantitative estimate of drug-likeness (QED) is 0.282. The topological polar surface area (TPSA) is 144 Å². The van der Waals surface area contributed by atoms with Gasteiger partial charge in [-0.15, -0.1) is 0 Å². The fourth-order valence-electron chi connectivity index (χ4n) is 3.62. The lowest BCUT2D eigenvalue weighted by atomic mass is 9.88. The number of amides is 2. The highest BCUT2D eigenvalue weighted by Gasteiger charge is 2.48. The number of hydrogen-bond acceptors (Lipinski definition) is 7. The van der Waals surface area contributed by atoms with Gasteiger partial charge in [-0.05, 0) is 64.2 Å². The van der Waals surface area contributed by atoms with Gasteiger partial charge in [0.05, 0.1) is 12.2 Å². The highest BCUT2D eigenvalue weighted by Crippen LogP contribution is 2.50. The highest BCUT2D eigenvalue weighted by atomic mass is 19.4. The van der Waals surface area contributed by atoms with E-state index in [0.717, 1.165) is 38.1 Å². The third-order valence-corrected chi connectivity index (χ3v) is 5.33. The first-order chi connectivity index (χ1) is 15.8. The van der Waals surface area contributed by atoms with Crippen LogP contribution in [0.5, 0.6) is 0 Å². The maximum Gasteiger partial charge on any atom is 0.408 e. The van der Waals surface area contributed by atoms with Crippen LogP contribution in [0.3, 0.4) is 0 Å². The average Bonchev–Trinajstić information content (AvgIpc) is 3.61. The van der Waals surface area contributed by atoms with Crippen LogP contribution in [0.1, 0.15) is 46.5 Å². The highest BCUT2D eigenvalue weighted by molar-refractivity contribution is 5.92. The lowest BCUT2D eigenvalue weighted by Crippen LogP contribution is -2.53. The van der Waals surface area contributed by atoms with Crippen molar-refractivity contribution >= 4 is 18.2 Å². The molecule has 0 aliphatic heterocycles. The maximum absolute atomic E-state index is 13.2. The minimum atomic E-state index is -4.40. The minimum Gasteiger partial charge on any atom is -0.444 e. The average molecular weight is 489 g/mol. The standard InChI is InChI=1S/C22H35F3N6O3/c1-21(2,3)34-20(33)31-18(17(13-4-5-13)14-6-7-14)19(32)30-16(9-27)11-28-10-15(8-26)29-12-22(23,24)25/h8-9,11,13-14,17-18,29H,4-7,10,12,26-27H2,1-3H3,(H,30,32)(H,31,33)/b15-8-,16-9+,28-11?. The molecule has 7 N–H and O–H groups in total. The predicted molar refractivity (Wildman–Crippen MR) is 122 cm³/mol. The van der Waals surface area contributed by atoms with Crippen molar-refractivity contribution in [2.24, 2.45) is 34.2 Å². The summed E-state index contributed by atoms with van der Waals surface area (Å²) in [6.07, 6.45) is 2.26. The van der Waals surface area contributed by atoms with Gasteiger partial charge in [0.1, 0.15) is 18.2 Å². The molecule has 2 fully saturated rings. The van der Waals surface area contributed by atoms with Crippen molar-refractivity contribution in [2.75, 3.05) is 13.1 Å². The normalized spacial score (nSPS) is 18.7. The molecule has 1 atom stereocenters. The van der Waals surface area contributed by atoms with Gasteiger partial charge in [0.25, 0.3) is 0 Å². The van der Waals surface area contributed by atoms with E-state index in [1.165, 1.54) is 6.21 Å². The number of aliphatic imine (C=N–C) groups is 1. The Morgan fingerprint density at radius 1 is 1.09 bits per heavy atom. The molecule has 34 heavy (non-hydrogen) atoms. The van der Waals surface area contributed by atoms with Crippen molar-refractivity contribution < 1.29 is 27.5 Å². The monoisotopic (exact) mass is 488 g/mol. The number of hydrogen-bond donors (Lipinski definition) is 5. The SMILES string of the molecule is CC(C)(C)OC(=O)NC(C(=O)N/C(C=NC/C(=C/N)NCC(F)(F)F)=C/N)C(C1CC1)C1CC1. The van der Waals surface area contributed by atoms with Crippen LogP contribution in [0.4, 0.5) is 18.0 Å². The van der Waals surface area contributed by atoms with Crippen LogP contribution in [0.15, 0.2) is 28.8 Å². The van der Waals surface area contributed by atoms with Crippen LogP contribution in [0, 0.1) is 17.8 Å². The molecule has 192 valence electrons. The molecular formula is C22H35F3N6O3. The van der Waals surface area contributed by atoms with E-state index in [4.69, 9.17) is 16.2 Å². The Morgan fingerprint density at radius 2 is 1.68 bits per heavy atom. The van der Waals surface area contributed by atoms with Crippen LogP contribution < -0.4 is 27.4 Å². The van der Waals surface area contributed by atoms with Gasteiger partial charge in [0, 0.05) is 24.3 Å². The molecule has 0 heterocycles. The van der Waals surface area contributed by atoms with E-state index >= 15 is 0 Å². The molecule has 0 aromatic carbocycles. The first kappa shape index (κ1) is 27.3. The number of halogens is 3. The summed E-state index contributed by atoms with van der Waals surface area (Å²) in [5.74, 6) is 0.243. The molecule has 2 aliphatic carbocycles. The van der Waals surface area contributed by atoms with Crippen molar-refractivity contribution in [3.63, 3.8) is 0 Å². The van der Waals surface area contributed by atoms with Gasteiger partial charge >= 0.3 is 12.3 Å². The molecule has 0 radical (unpaired) electrons. The van der Waals surface area contributed by atoms with Gasteiger partial charge in [0.2, 0.25) is 5.91 Å². The van der Waals surface area contributed by atoms with Gasteiger partial charge in [-0.2, -0.15) is 13.2 Å². The Balaban J connectivity index is 2.03. The Hall–Kier alpha value is -2.92. The summed E-state index contributed by atoms with van der Waals surface area (Å²) in [6, 6.07) is -0.814. The predicted octanol–water partition coefficient (Wildman–Crippen LogP) is 2.26. The molecule has 2 saturated carbocycles. The Kier molecular flexibility index (Phi) is 9.22. The zero-order chi connectivity index (χ0) is 25.5. The van der Waals surface area contributed by atoms with Crippen LogP contribution >= 0.6 is 0 Å². The second-order valence-electron chi connectivity index (χ2n) is 9.62. The fourth-order valence-corrected chi connectivity index (χ4v) is 3.62. The summed E-state index contributed by atoms with van der Waals surface area (Å²) in [7, 11) is 0. The second-order valence-corrected chi connectivity index (χ2v) is 9.62. The molecule has 2 aliphatic rings. The Bertz CT molecular complexity index is 800. The number of nitrogens with one attached hydrogen (secondary N) is 3. The van der Waals surface area contributed by atoms with E-state index in [1.54, 1.807) is 20.8 Å². The van der Waals surface area contributed by atoms with Gasteiger partial charge in [-0.25, -0.2) is 4.79 Å². The first-order valence-electron chi connectivity index (χ1n) is 11.3. The summed E-state index contributed by atoms with van der Waals surface area (Å²) < 4.78 is 42.4. The maximum atomic E-state index is 13.2. The number of alkyl halides is 3. The number of carbonyl (C=O) groups excluding carboxylic acids is 2. The Morgan fingerprint density at radius 3 is 2.12 bits per heavy atom. The lowest BCUT2D eigenvalue weighted by Gasteiger charge is -2.29. The van der Waals surface area contributed by atoms with Crippen molar-refractivity contribution in [3.05, 3.63) is 23.8 Å². The number of nitrogens with zero attached hydrogens (tertiary/aromatic N) is 1. The van der Waals surface area contributed by atoms with E-state index in [9.17, 15) is 22.8 Å². The first-order valence-corrected chi connectivity index (χ1v) is 11.3. The lowest BCUT2D eigenvalue weighted by molar-refractivity contribution is -0.124. The van der Waals surface area contributed by atoms with Crippen LogP contribution in [-0.2, 0) is 9.53 Å². The van der Waals surface area contributed by atoms with E-state index < -0.39 is 36.4 Å². The van der Waals surface area contributed by atoms with E-state index in [2.05, 4.69) is 20.9 Å². The van der Waals surface area contributed by atoms with Gasteiger partial charge in [-0.1, -0.05) is 0 Å². The summed E-state index contributed by atoms with van der Waals surface area (Å²) in [4.78, 5) is 29.6. The number of rotatable bonds is 11. The van der Waals surface area contributed by atoms with E-state index in [0.29, 0.717) is 11.8 Å². The molecule has 12 heteroatoms. The number of alkyl carbamates (subject to hydrolysis) is 1. The zero-order valence-corrected chi connectivity index (χ0v) is 19.7. The third kappa shape index (κ3) is 9.92. The number of nitrogens with two attached hydrogens (primary N) is 2. The summed E-state index contributed by atoms with van der Waals surface area (Å²) in [5, 5.41) is 7.54. The summed E-state index contributed by atoms with van der Waals surface area (Å²) in [5.41, 5.74) is 10.4. The molecule has 0 spiro atoms. The van der Waals surface area contributed by atoms with Crippen LogP contribution in [-0.4, -0.2) is 49.1 Å². The molecule has 9 nitrogen and oxygen atoms in total. The number of allylic oxidation sites excluding steroid dienone is 1. The van der Waals surface area contributed by atoms with Crippen LogP contribution in [0.2, 0.25) is 0 Å². The fraction of sp³-hybridized carbons (Fsp3) is 0.682. The third-order valence-electron chi connectivity index (χ3n) is 5.33. The van der Waals surface area contributed by atoms with Gasteiger partial charge < -0.3 is 32.2 Å². The van der Waals surface area contributed by atoms with Gasteiger partial charge in [0.15, 0.2) is 0 Å². The van der Waals surface area contributed by atoms with E-state index in [1.807, 2.05) is 0 Å². The zero-order valence-electron chi connectivity index (χ0n) is 19.7. The summed E-state index contributed by atoms with van der Waals surface area (Å²) in [6.45, 7) is 3.79. The molecule has 0 bridgehead atoms. The van der Waals surface area contributed by atoms with Gasteiger partial charge in [-0.3, -0.25) is 9.79 Å².